The van der Waals surface area contributed by atoms with Crippen molar-refractivity contribution in [2.75, 3.05) is 26.7 Å². The highest BCUT2D eigenvalue weighted by Gasteiger charge is 2.27. The van der Waals surface area contributed by atoms with E-state index in [1.165, 1.54) is 6.42 Å². The highest BCUT2D eigenvalue weighted by molar-refractivity contribution is 5.90. The van der Waals surface area contributed by atoms with Gasteiger partial charge in [0.1, 0.15) is 5.82 Å². The predicted octanol–water partition coefficient (Wildman–Crippen LogP) is 1.56. The number of aromatic nitrogens is 3. The van der Waals surface area contributed by atoms with Crippen molar-refractivity contribution in [2.45, 2.75) is 45.4 Å². The molecule has 118 valence electrons. The maximum atomic E-state index is 12.4. The van der Waals surface area contributed by atoms with Gasteiger partial charge in [0.2, 0.25) is 5.82 Å². The van der Waals surface area contributed by atoms with Gasteiger partial charge >= 0.3 is 0 Å². The number of hydrogen-bond acceptors (Lipinski definition) is 4. The summed E-state index contributed by atoms with van der Waals surface area (Å²) < 4.78 is 0. The van der Waals surface area contributed by atoms with E-state index in [1.807, 2.05) is 11.9 Å². The van der Waals surface area contributed by atoms with E-state index in [0.717, 1.165) is 44.2 Å². The van der Waals surface area contributed by atoms with Crippen LogP contribution in [0.3, 0.4) is 0 Å². The van der Waals surface area contributed by atoms with Crippen LogP contribution >= 0.6 is 0 Å². The van der Waals surface area contributed by atoms with Crippen molar-refractivity contribution in [3.63, 3.8) is 0 Å². The lowest BCUT2D eigenvalue weighted by Crippen LogP contribution is -2.39. The molecular formula is C15H27N5O. The van der Waals surface area contributed by atoms with Gasteiger partial charge in [-0.1, -0.05) is 20.8 Å². The molecule has 2 heterocycles. The van der Waals surface area contributed by atoms with Crippen LogP contribution in [0.5, 0.6) is 0 Å². The fraction of sp³-hybridized carbons (Fsp3) is 0.800. The van der Waals surface area contributed by atoms with Crippen LogP contribution in [-0.4, -0.2) is 52.7 Å². The van der Waals surface area contributed by atoms with Gasteiger partial charge in [-0.15, -0.1) is 5.10 Å². The number of H-pyrrole nitrogens is 1. The second-order valence-electron chi connectivity index (χ2n) is 6.89. The van der Waals surface area contributed by atoms with Crippen LogP contribution in [0.2, 0.25) is 0 Å². The Morgan fingerprint density at radius 1 is 1.38 bits per heavy atom. The van der Waals surface area contributed by atoms with Gasteiger partial charge in [0, 0.05) is 18.5 Å². The van der Waals surface area contributed by atoms with Gasteiger partial charge in [-0.2, -0.15) is 0 Å². The Kier molecular flexibility index (Phi) is 4.98. The van der Waals surface area contributed by atoms with E-state index in [4.69, 9.17) is 0 Å². The highest BCUT2D eigenvalue weighted by Crippen LogP contribution is 2.22. The average Bonchev–Trinajstić information content (AvgIpc) is 2.95. The molecule has 0 saturated carbocycles. The lowest BCUT2D eigenvalue weighted by atomic mass is 9.93. The van der Waals surface area contributed by atoms with Crippen molar-refractivity contribution in [3.8, 4) is 0 Å². The van der Waals surface area contributed by atoms with Crippen molar-refractivity contribution >= 4 is 5.91 Å². The molecule has 0 spiro atoms. The topological polar surface area (TPSA) is 73.9 Å². The molecule has 1 aromatic rings. The maximum Gasteiger partial charge on any atom is 0.293 e. The monoisotopic (exact) mass is 293 g/mol. The van der Waals surface area contributed by atoms with Crippen molar-refractivity contribution in [2.24, 2.45) is 5.92 Å². The van der Waals surface area contributed by atoms with Crippen LogP contribution in [0.15, 0.2) is 0 Å². The quantitative estimate of drug-likeness (QED) is 0.883. The Hall–Kier alpha value is -1.43. The summed E-state index contributed by atoms with van der Waals surface area (Å²) in [5.74, 6) is 1.73. The van der Waals surface area contributed by atoms with E-state index < -0.39 is 0 Å². The molecule has 6 nitrogen and oxygen atoms in total. The standard InChI is InChI=1S/C15H27N5O/c1-15(2,3)14-17-12(18-19-14)13(21)20-9-6-11(7-10-20)5-8-16-4/h11,16H,5-10H2,1-4H3,(H,17,18,19). The summed E-state index contributed by atoms with van der Waals surface area (Å²) >= 11 is 0. The Morgan fingerprint density at radius 3 is 2.57 bits per heavy atom. The van der Waals surface area contributed by atoms with Gasteiger partial charge < -0.3 is 10.2 Å². The molecule has 2 rings (SSSR count). The second-order valence-corrected chi connectivity index (χ2v) is 6.89. The van der Waals surface area contributed by atoms with Gasteiger partial charge in [-0.3, -0.25) is 9.89 Å². The average molecular weight is 293 g/mol. The molecular weight excluding hydrogens is 266 g/mol. The number of carbonyl (C=O) groups is 1. The third-order valence-corrected chi connectivity index (χ3v) is 4.09. The minimum atomic E-state index is -0.119. The summed E-state index contributed by atoms with van der Waals surface area (Å²) in [5, 5.41) is 10.2. The fourth-order valence-corrected chi connectivity index (χ4v) is 2.61. The van der Waals surface area contributed by atoms with Gasteiger partial charge in [-0.05, 0) is 38.8 Å². The van der Waals surface area contributed by atoms with Crippen LogP contribution in [-0.2, 0) is 5.41 Å². The SMILES string of the molecule is CNCCC1CCN(C(=O)c2n[nH]c(C(C)(C)C)n2)CC1. The summed E-state index contributed by atoms with van der Waals surface area (Å²) in [7, 11) is 1.98. The summed E-state index contributed by atoms with van der Waals surface area (Å²) in [6.45, 7) is 8.83. The zero-order valence-electron chi connectivity index (χ0n) is 13.6. The van der Waals surface area contributed by atoms with E-state index in [9.17, 15) is 4.79 Å². The van der Waals surface area contributed by atoms with Crippen molar-refractivity contribution in [1.29, 1.82) is 0 Å². The van der Waals surface area contributed by atoms with Gasteiger partial charge in [0.25, 0.3) is 5.91 Å². The molecule has 0 aliphatic carbocycles. The number of amides is 1. The Morgan fingerprint density at radius 2 is 2.05 bits per heavy atom. The Balaban J connectivity index is 1.91. The van der Waals surface area contributed by atoms with Crippen LogP contribution in [0.4, 0.5) is 0 Å². The lowest BCUT2D eigenvalue weighted by Gasteiger charge is -2.31. The first-order chi connectivity index (χ1) is 9.91. The number of aromatic amines is 1. The molecule has 1 fully saturated rings. The number of nitrogens with one attached hydrogen (secondary N) is 2. The predicted molar refractivity (Wildman–Crippen MR) is 82.3 cm³/mol. The number of rotatable bonds is 4. The van der Waals surface area contributed by atoms with Gasteiger partial charge in [-0.25, -0.2) is 4.98 Å². The minimum absolute atomic E-state index is 0.0474. The Labute approximate surface area is 126 Å². The van der Waals surface area contributed by atoms with Crippen LogP contribution in [0, 0.1) is 5.92 Å². The summed E-state index contributed by atoms with van der Waals surface area (Å²) in [6.07, 6.45) is 3.33. The maximum absolute atomic E-state index is 12.4. The van der Waals surface area contributed by atoms with Gasteiger partial charge in [0.05, 0.1) is 0 Å². The highest BCUT2D eigenvalue weighted by atomic mass is 16.2. The van der Waals surface area contributed by atoms with Gasteiger partial charge in [0.15, 0.2) is 0 Å². The zero-order valence-corrected chi connectivity index (χ0v) is 13.6. The number of hydrogen-bond donors (Lipinski definition) is 2. The lowest BCUT2D eigenvalue weighted by molar-refractivity contribution is 0.0675. The smallest absolute Gasteiger partial charge is 0.293 e. The molecule has 0 atom stereocenters. The molecule has 0 bridgehead atoms. The third kappa shape index (κ3) is 4.03. The molecule has 1 aliphatic rings. The Bertz CT molecular complexity index is 469. The van der Waals surface area contributed by atoms with Crippen LogP contribution in [0.1, 0.15) is 56.5 Å². The van der Waals surface area contributed by atoms with Crippen molar-refractivity contribution in [1.82, 2.24) is 25.4 Å². The normalized spacial score (nSPS) is 17.2. The van der Waals surface area contributed by atoms with Crippen LogP contribution in [0.25, 0.3) is 0 Å². The first-order valence-corrected chi connectivity index (χ1v) is 7.78. The van der Waals surface area contributed by atoms with E-state index in [2.05, 4.69) is 41.3 Å². The largest absolute Gasteiger partial charge is 0.336 e. The number of carbonyl (C=O) groups excluding carboxylic acids is 1. The molecule has 1 aliphatic heterocycles. The molecule has 6 heteroatoms. The van der Waals surface area contributed by atoms with Crippen LogP contribution < -0.4 is 5.32 Å². The number of likely N-dealkylation sites (tertiary alicyclic amines) is 1. The van der Waals surface area contributed by atoms with E-state index in [0.29, 0.717) is 5.82 Å². The molecule has 1 amide bonds. The summed E-state index contributed by atoms with van der Waals surface area (Å²) in [4.78, 5) is 18.7. The van der Waals surface area contributed by atoms with Crippen molar-refractivity contribution in [3.05, 3.63) is 11.6 Å². The van der Waals surface area contributed by atoms with E-state index in [1.54, 1.807) is 0 Å². The summed E-state index contributed by atoms with van der Waals surface area (Å²) in [6, 6.07) is 0. The number of nitrogens with zero attached hydrogens (tertiary/aromatic N) is 3. The third-order valence-electron chi connectivity index (χ3n) is 4.09. The summed E-state index contributed by atoms with van der Waals surface area (Å²) in [5.41, 5.74) is -0.119. The number of piperidine rings is 1. The molecule has 0 unspecified atom stereocenters. The van der Waals surface area contributed by atoms with E-state index >= 15 is 0 Å². The second kappa shape index (κ2) is 6.56. The molecule has 0 aromatic carbocycles. The molecule has 21 heavy (non-hydrogen) atoms. The van der Waals surface area contributed by atoms with E-state index in [-0.39, 0.29) is 11.3 Å². The zero-order chi connectivity index (χ0) is 15.5. The molecule has 2 N–H and O–H groups in total. The molecule has 1 aromatic heterocycles. The minimum Gasteiger partial charge on any atom is -0.336 e. The molecule has 1 saturated heterocycles. The fourth-order valence-electron chi connectivity index (χ4n) is 2.61. The first kappa shape index (κ1) is 15.9. The molecule has 0 radical (unpaired) electrons. The first-order valence-electron chi connectivity index (χ1n) is 7.78. The van der Waals surface area contributed by atoms with Crippen molar-refractivity contribution < 1.29 is 4.79 Å².